The second kappa shape index (κ2) is 6.72. The zero-order valence-electron chi connectivity index (χ0n) is 10.2. The van der Waals surface area contributed by atoms with E-state index in [4.69, 9.17) is 4.74 Å². The Balaban J connectivity index is 1.89. The van der Waals surface area contributed by atoms with Crippen molar-refractivity contribution in [2.24, 2.45) is 0 Å². The fourth-order valence-corrected chi connectivity index (χ4v) is 2.85. The zero-order chi connectivity index (χ0) is 11.9. The highest BCUT2D eigenvalue weighted by molar-refractivity contribution is 7.99. The summed E-state index contributed by atoms with van der Waals surface area (Å²) in [7, 11) is 0. The highest BCUT2D eigenvalue weighted by Gasteiger charge is 2.17. The normalized spacial score (nSPS) is 16.4. The molecule has 2 nitrogen and oxygen atoms in total. The van der Waals surface area contributed by atoms with Crippen molar-refractivity contribution in [2.45, 2.75) is 24.3 Å². The van der Waals surface area contributed by atoms with Gasteiger partial charge in [0.1, 0.15) is 5.76 Å². The Hall–Kier alpha value is -0.930. The molecule has 0 bridgehead atoms. The van der Waals surface area contributed by atoms with E-state index in [9.17, 15) is 0 Å². The van der Waals surface area contributed by atoms with Crippen LogP contribution in [0, 0.1) is 0 Å². The van der Waals surface area contributed by atoms with Gasteiger partial charge in [0.2, 0.25) is 0 Å². The van der Waals surface area contributed by atoms with Gasteiger partial charge in [-0.3, -0.25) is 0 Å². The maximum absolute atomic E-state index is 5.64. The molecule has 1 unspecified atom stereocenters. The first kappa shape index (κ1) is 12.5. The maximum Gasteiger partial charge on any atom is 0.110 e. The summed E-state index contributed by atoms with van der Waals surface area (Å²) >= 11 is 1.87. The molecule has 0 amide bonds. The van der Waals surface area contributed by atoms with E-state index in [0.29, 0.717) is 6.04 Å². The van der Waals surface area contributed by atoms with Crippen LogP contribution < -0.4 is 5.32 Å². The van der Waals surface area contributed by atoms with Crippen LogP contribution in [0.1, 0.15) is 13.3 Å². The molecule has 1 atom stereocenters. The van der Waals surface area contributed by atoms with Gasteiger partial charge in [0, 0.05) is 17.1 Å². The summed E-state index contributed by atoms with van der Waals surface area (Å²) in [6.07, 6.45) is 3.26. The Morgan fingerprint density at radius 3 is 2.82 bits per heavy atom. The average molecular weight is 249 g/mol. The summed E-state index contributed by atoms with van der Waals surface area (Å²) in [5.41, 5.74) is 0. The molecule has 1 aromatic rings. The Morgan fingerprint density at radius 1 is 1.35 bits per heavy atom. The van der Waals surface area contributed by atoms with E-state index >= 15 is 0 Å². The van der Waals surface area contributed by atoms with Crippen LogP contribution >= 0.6 is 11.8 Å². The van der Waals surface area contributed by atoms with Crippen molar-refractivity contribution in [3.63, 3.8) is 0 Å². The molecule has 1 aliphatic rings. The van der Waals surface area contributed by atoms with Gasteiger partial charge in [0.25, 0.3) is 0 Å². The lowest BCUT2D eigenvalue weighted by molar-refractivity contribution is 0.220. The SMILES string of the molecule is CCNC(CSc1ccccc1)C1=CCCO1. The quantitative estimate of drug-likeness (QED) is 0.783. The van der Waals surface area contributed by atoms with Crippen LogP contribution in [0.25, 0.3) is 0 Å². The van der Waals surface area contributed by atoms with E-state index in [1.165, 1.54) is 4.90 Å². The van der Waals surface area contributed by atoms with Crippen molar-refractivity contribution in [3.05, 3.63) is 42.2 Å². The largest absolute Gasteiger partial charge is 0.496 e. The summed E-state index contributed by atoms with van der Waals surface area (Å²) < 4.78 is 5.64. The third-order valence-corrected chi connectivity index (χ3v) is 3.79. The summed E-state index contributed by atoms with van der Waals surface area (Å²) in [4.78, 5) is 1.31. The lowest BCUT2D eigenvalue weighted by atomic mass is 10.2. The van der Waals surface area contributed by atoms with E-state index in [1.54, 1.807) is 0 Å². The Morgan fingerprint density at radius 2 is 2.18 bits per heavy atom. The fraction of sp³-hybridized carbons (Fsp3) is 0.429. The summed E-state index contributed by atoms with van der Waals surface area (Å²) in [5.74, 6) is 2.14. The van der Waals surface area contributed by atoms with Gasteiger partial charge in [-0.05, 0) is 24.8 Å². The lowest BCUT2D eigenvalue weighted by Crippen LogP contribution is -2.33. The second-order valence-electron chi connectivity index (χ2n) is 3.98. The Labute approximate surface area is 107 Å². The number of nitrogens with one attached hydrogen (secondary N) is 1. The summed E-state index contributed by atoms with van der Waals surface area (Å²) in [6.45, 7) is 3.95. The Kier molecular flexibility index (Phi) is 4.95. The van der Waals surface area contributed by atoms with Crippen LogP contribution in [0.4, 0.5) is 0 Å². The zero-order valence-corrected chi connectivity index (χ0v) is 11.0. The molecular formula is C14H19NOS. The molecule has 0 aliphatic carbocycles. The maximum atomic E-state index is 5.64. The van der Waals surface area contributed by atoms with Gasteiger partial charge < -0.3 is 10.1 Å². The van der Waals surface area contributed by atoms with Gasteiger partial charge in [-0.25, -0.2) is 0 Å². The fourth-order valence-electron chi connectivity index (χ4n) is 1.86. The minimum Gasteiger partial charge on any atom is -0.496 e. The number of ether oxygens (including phenoxy) is 1. The van der Waals surface area contributed by atoms with Gasteiger partial charge in [0.15, 0.2) is 0 Å². The van der Waals surface area contributed by atoms with Crippen LogP contribution in [0.3, 0.4) is 0 Å². The first-order valence-corrected chi connectivity index (χ1v) is 7.13. The van der Waals surface area contributed by atoms with Gasteiger partial charge in [-0.2, -0.15) is 0 Å². The Bertz CT molecular complexity index is 364. The molecule has 17 heavy (non-hydrogen) atoms. The average Bonchev–Trinajstić information content (AvgIpc) is 2.89. The molecule has 0 spiro atoms. The molecule has 0 fully saturated rings. The second-order valence-corrected chi connectivity index (χ2v) is 5.07. The number of rotatable bonds is 6. The lowest BCUT2D eigenvalue weighted by Gasteiger charge is -2.18. The molecule has 0 saturated carbocycles. The third kappa shape index (κ3) is 3.79. The number of benzene rings is 1. The van der Waals surface area contributed by atoms with Crippen LogP contribution in [-0.4, -0.2) is 24.9 Å². The van der Waals surface area contributed by atoms with E-state index in [-0.39, 0.29) is 0 Å². The molecule has 92 valence electrons. The van der Waals surface area contributed by atoms with E-state index < -0.39 is 0 Å². The van der Waals surface area contributed by atoms with Gasteiger partial charge >= 0.3 is 0 Å². The van der Waals surface area contributed by atoms with E-state index in [0.717, 1.165) is 31.1 Å². The monoisotopic (exact) mass is 249 g/mol. The minimum atomic E-state index is 0.340. The van der Waals surface area contributed by atoms with Crippen molar-refractivity contribution in [3.8, 4) is 0 Å². The number of hydrogen-bond acceptors (Lipinski definition) is 3. The third-order valence-electron chi connectivity index (χ3n) is 2.69. The summed E-state index contributed by atoms with van der Waals surface area (Å²) in [5, 5.41) is 3.48. The van der Waals surface area contributed by atoms with Crippen LogP contribution in [0.2, 0.25) is 0 Å². The van der Waals surface area contributed by atoms with Gasteiger partial charge in [-0.1, -0.05) is 25.1 Å². The first-order chi connectivity index (χ1) is 8.40. The molecule has 1 aliphatic heterocycles. The van der Waals surface area contributed by atoms with Crippen LogP contribution in [0.5, 0.6) is 0 Å². The molecule has 2 rings (SSSR count). The van der Waals surface area contributed by atoms with E-state index in [2.05, 4.69) is 48.6 Å². The molecule has 0 saturated heterocycles. The standard InChI is InChI=1S/C14H19NOS/c1-2-15-13(14-9-6-10-16-14)11-17-12-7-4-3-5-8-12/h3-5,7-9,13,15H,2,6,10-11H2,1H3. The number of thioether (sulfide) groups is 1. The number of likely N-dealkylation sites (N-methyl/N-ethyl adjacent to an activating group) is 1. The molecule has 0 radical (unpaired) electrons. The van der Waals surface area contributed by atoms with Crippen molar-refractivity contribution in [2.75, 3.05) is 18.9 Å². The molecule has 3 heteroatoms. The van der Waals surface area contributed by atoms with Crippen molar-refractivity contribution >= 4 is 11.8 Å². The summed E-state index contributed by atoms with van der Waals surface area (Å²) in [6, 6.07) is 10.8. The predicted molar refractivity (Wildman–Crippen MR) is 73.3 cm³/mol. The van der Waals surface area contributed by atoms with Crippen molar-refractivity contribution < 1.29 is 4.74 Å². The molecule has 1 N–H and O–H groups in total. The molecule has 0 aromatic heterocycles. The van der Waals surface area contributed by atoms with Crippen molar-refractivity contribution in [1.82, 2.24) is 5.32 Å². The van der Waals surface area contributed by atoms with Crippen LogP contribution in [0.15, 0.2) is 47.1 Å². The number of hydrogen-bond donors (Lipinski definition) is 1. The topological polar surface area (TPSA) is 21.3 Å². The van der Waals surface area contributed by atoms with Gasteiger partial charge in [-0.15, -0.1) is 11.8 Å². The minimum absolute atomic E-state index is 0.340. The van der Waals surface area contributed by atoms with Gasteiger partial charge in [0.05, 0.1) is 12.6 Å². The smallest absolute Gasteiger partial charge is 0.110 e. The molecular weight excluding hydrogens is 230 g/mol. The molecule has 1 heterocycles. The van der Waals surface area contributed by atoms with Crippen LogP contribution in [-0.2, 0) is 4.74 Å². The predicted octanol–water partition coefficient (Wildman–Crippen LogP) is 3.06. The molecule has 1 aromatic carbocycles. The highest BCUT2D eigenvalue weighted by atomic mass is 32.2. The van der Waals surface area contributed by atoms with E-state index in [1.807, 2.05) is 11.8 Å². The highest BCUT2D eigenvalue weighted by Crippen LogP contribution is 2.22. The van der Waals surface area contributed by atoms with Crippen molar-refractivity contribution in [1.29, 1.82) is 0 Å². The first-order valence-electron chi connectivity index (χ1n) is 6.14.